The Hall–Kier alpha value is -4.28. The van der Waals surface area contributed by atoms with E-state index in [9.17, 15) is 45.5 Å². The molecule has 2 aliphatic rings. The summed E-state index contributed by atoms with van der Waals surface area (Å²) < 4.78 is 86.2. The highest BCUT2D eigenvalue weighted by molar-refractivity contribution is 6.34. The third kappa shape index (κ3) is 3.89. The topological polar surface area (TPSA) is 77.5 Å². The predicted molar refractivity (Wildman–Crippen MR) is 120 cm³/mol. The Labute approximate surface area is 210 Å². The molecule has 0 radical (unpaired) electrons. The molecule has 3 aromatic rings. The molecule has 1 heterocycles. The second kappa shape index (κ2) is 8.11. The molecule has 0 unspecified atom stereocenters. The van der Waals surface area contributed by atoms with Gasteiger partial charge in [0.05, 0.1) is 28.7 Å². The van der Waals surface area contributed by atoms with Crippen LogP contribution < -0.4 is 0 Å². The molecule has 0 saturated heterocycles. The first-order valence-corrected chi connectivity index (χ1v) is 11.0. The van der Waals surface area contributed by atoms with Crippen LogP contribution in [0.15, 0.2) is 36.4 Å². The number of hydrogen-bond donors (Lipinski definition) is 0. The number of Topliss-reactive ketones (excluding diaryl/α,β-unsaturated/α-hetero) is 2. The minimum Gasteiger partial charge on any atom is -0.386 e. The number of esters is 2. The molecule has 0 fully saturated rings. The number of ketones is 2. The number of ether oxygens (including phenoxy) is 1. The van der Waals surface area contributed by atoms with Crippen LogP contribution in [0.3, 0.4) is 0 Å². The van der Waals surface area contributed by atoms with Crippen LogP contribution in [0, 0.1) is 13.8 Å². The van der Waals surface area contributed by atoms with E-state index < -0.39 is 86.8 Å². The maximum atomic E-state index is 13.6. The van der Waals surface area contributed by atoms with E-state index in [1.54, 1.807) is 0 Å². The number of aryl methyl sites for hydroxylation is 2. The fourth-order valence-electron chi connectivity index (χ4n) is 4.98. The van der Waals surface area contributed by atoms with Crippen molar-refractivity contribution in [2.75, 3.05) is 0 Å². The highest BCUT2D eigenvalue weighted by atomic mass is 19.4. The Balaban J connectivity index is 1.96. The first kappa shape index (κ1) is 25.4. The van der Waals surface area contributed by atoms with Crippen LogP contribution in [0.1, 0.15) is 70.1 Å². The highest BCUT2D eigenvalue weighted by Crippen LogP contribution is 2.48. The molecule has 5 nitrogen and oxygen atoms in total. The minimum absolute atomic E-state index is 0.101. The number of benzene rings is 3. The quantitative estimate of drug-likeness (QED) is 0.207. The number of hydrogen-bond acceptors (Lipinski definition) is 5. The second-order valence-corrected chi connectivity index (χ2v) is 9.12. The van der Waals surface area contributed by atoms with Gasteiger partial charge in [-0.3, -0.25) is 9.59 Å². The first-order chi connectivity index (χ1) is 17.6. The Bertz CT molecular complexity index is 1450. The number of carbonyl (C=O) groups excluding carboxylic acids is 4. The third-order valence-corrected chi connectivity index (χ3v) is 6.36. The minimum atomic E-state index is -4.81. The SMILES string of the molecule is Cc1cc(-c2c3c(c(-c4cc(C)cc(C(F)(F)F)c4)c4c2C(=O)OC4=O)C(=O)CC3=O)cc(C(F)(F)F)c1. The summed E-state index contributed by atoms with van der Waals surface area (Å²) in [4.78, 5) is 51.8. The van der Waals surface area contributed by atoms with Gasteiger partial charge < -0.3 is 4.74 Å². The Morgan fingerprint density at radius 1 is 0.553 bits per heavy atom. The molecule has 0 amide bonds. The molecule has 5 rings (SSSR count). The number of rotatable bonds is 2. The number of halogens is 6. The molecular weight excluding hydrogens is 518 g/mol. The van der Waals surface area contributed by atoms with Crippen molar-refractivity contribution in [2.45, 2.75) is 32.6 Å². The van der Waals surface area contributed by atoms with E-state index in [1.165, 1.54) is 26.0 Å². The number of cyclic esters (lactones) is 2. The van der Waals surface area contributed by atoms with E-state index in [0.29, 0.717) is 12.1 Å². The summed E-state index contributed by atoms with van der Waals surface area (Å²) in [5.74, 6) is -4.30. The summed E-state index contributed by atoms with van der Waals surface area (Å²) in [6, 6.07) is 5.49. The van der Waals surface area contributed by atoms with Gasteiger partial charge in [-0.2, -0.15) is 26.3 Å². The van der Waals surface area contributed by atoms with Crippen LogP contribution in [-0.2, 0) is 17.1 Å². The fraction of sp³-hybridized carbons (Fsp3) is 0.185. The molecule has 11 heteroatoms. The van der Waals surface area contributed by atoms with E-state index in [2.05, 4.69) is 0 Å². The van der Waals surface area contributed by atoms with Crippen molar-refractivity contribution >= 4 is 23.5 Å². The molecular formula is C27H14F6O5. The van der Waals surface area contributed by atoms with E-state index >= 15 is 0 Å². The van der Waals surface area contributed by atoms with Gasteiger partial charge in [0.15, 0.2) is 11.6 Å². The Morgan fingerprint density at radius 3 is 1.26 bits per heavy atom. The van der Waals surface area contributed by atoms with Crippen molar-refractivity contribution in [1.82, 2.24) is 0 Å². The predicted octanol–water partition coefficient (Wildman–Crippen LogP) is 6.75. The van der Waals surface area contributed by atoms with Crippen LogP contribution in [0.5, 0.6) is 0 Å². The largest absolute Gasteiger partial charge is 0.416 e. The smallest absolute Gasteiger partial charge is 0.386 e. The lowest BCUT2D eigenvalue weighted by molar-refractivity contribution is -0.138. The Kier molecular flexibility index (Phi) is 5.41. The molecule has 0 atom stereocenters. The summed E-state index contributed by atoms with van der Waals surface area (Å²) in [6.45, 7) is 2.69. The zero-order valence-corrected chi connectivity index (χ0v) is 19.5. The summed E-state index contributed by atoms with van der Waals surface area (Å²) in [7, 11) is 0. The second-order valence-electron chi connectivity index (χ2n) is 9.12. The standard InChI is InChI=1S/C27H14F6O5/c1-10-3-12(7-14(5-10)26(28,29)30)18-20-16(34)9-17(35)21(20)19(23-22(18)24(36)38-25(23)37)13-4-11(2)6-15(8-13)27(31,32)33/h3-8H,9H2,1-2H3. The molecule has 194 valence electrons. The molecule has 3 aromatic carbocycles. The first-order valence-electron chi connectivity index (χ1n) is 11.0. The van der Waals surface area contributed by atoms with Crippen molar-refractivity contribution < 1.29 is 50.3 Å². The van der Waals surface area contributed by atoms with Crippen LogP contribution in [-0.4, -0.2) is 23.5 Å². The van der Waals surface area contributed by atoms with E-state index in [1.807, 2.05) is 0 Å². The number of carbonyl (C=O) groups is 4. The third-order valence-electron chi connectivity index (χ3n) is 6.36. The summed E-state index contributed by atoms with van der Waals surface area (Å²) in [5, 5.41) is 0. The molecule has 0 spiro atoms. The van der Waals surface area contributed by atoms with Crippen molar-refractivity contribution in [3.8, 4) is 22.3 Å². The van der Waals surface area contributed by atoms with E-state index in [4.69, 9.17) is 4.74 Å². The molecule has 1 aliphatic carbocycles. The average molecular weight is 532 g/mol. The maximum Gasteiger partial charge on any atom is 0.416 e. The van der Waals surface area contributed by atoms with Crippen molar-refractivity contribution in [1.29, 1.82) is 0 Å². The van der Waals surface area contributed by atoms with Gasteiger partial charge in [0.2, 0.25) is 0 Å². The van der Waals surface area contributed by atoms with Gasteiger partial charge in [0.1, 0.15) is 0 Å². The maximum absolute atomic E-state index is 13.6. The lowest BCUT2D eigenvalue weighted by Crippen LogP contribution is -2.11. The van der Waals surface area contributed by atoms with Crippen LogP contribution in [0.2, 0.25) is 0 Å². The summed E-state index contributed by atoms with van der Waals surface area (Å²) in [5.41, 5.74) is -5.41. The van der Waals surface area contributed by atoms with Crippen LogP contribution in [0.4, 0.5) is 26.3 Å². The van der Waals surface area contributed by atoms with Crippen molar-refractivity contribution in [2.24, 2.45) is 0 Å². The molecule has 0 aromatic heterocycles. The van der Waals surface area contributed by atoms with Gasteiger partial charge in [0, 0.05) is 22.3 Å². The molecule has 38 heavy (non-hydrogen) atoms. The van der Waals surface area contributed by atoms with Gasteiger partial charge in [-0.1, -0.05) is 12.1 Å². The highest BCUT2D eigenvalue weighted by Gasteiger charge is 2.45. The van der Waals surface area contributed by atoms with Gasteiger partial charge in [-0.05, 0) is 60.4 Å². The fourth-order valence-corrected chi connectivity index (χ4v) is 4.98. The number of fused-ring (bicyclic) bond motifs is 2. The van der Waals surface area contributed by atoms with Gasteiger partial charge in [-0.25, -0.2) is 9.59 Å². The van der Waals surface area contributed by atoms with Gasteiger partial charge in [-0.15, -0.1) is 0 Å². The lowest BCUT2D eigenvalue weighted by Gasteiger charge is -2.19. The zero-order valence-electron chi connectivity index (χ0n) is 19.5. The molecule has 1 aliphatic heterocycles. The van der Waals surface area contributed by atoms with Crippen LogP contribution >= 0.6 is 0 Å². The molecule has 0 saturated carbocycles. The monoisotopic (exact) mass is 532 g/mol. The molecule has 0 bridgehead atoms. The normalized spacial score (nSPS) is 15.2. The average Bonchev–Trinajstić information content (AvgIpc) is 3.25. The van der Waals surface area contributed by atoms with E-state index in [0.717, 1.165) is 12.1 Å². The Morgan fingerprint density at radius 2 is 0.921 bits per heavy atom. The van der Waals surface area contributed by atoms with Crippen LogP contribution in [0.25, 0.3) is 22.3 Å². The van der Waals surface area contributed by atoms with Crippen molar-refractivity contribution in [3.05, 3.63) is 80.9 Å². The van der Waals surface area contributed by atoms with Crippen molar-refractivity contribution in [3.63, 3.8) is 0 Å². The summed E-state index contributed by atoms with van der Waals surface area (Å²) >= 11 is 0. The molecule has 0 N–H and O–H groups in total. The number of alkyl halides is 6. The summed E-state index contributed by atoms with van der Waals surface area (Å²) in [6.07, 6.45) is -10.4. The van der Waals surface area contributed by atoms with Gasteiger partial charge in [0.25, 0.3) is 0 Å². The van der Waals surface area contributed by atoms with Gasteiger partial charge >= 0.3 is 24.3 Å². The zero-order chi connectivity index (χ0) is 27.9. The lowest BCUT2D eigenvalue weighted by atomic mass is 9.81. The van der Waals surface area contributed by atoms with E-state index in [-0.39, 0.29) is 22.3 Å².